The van der Waals surface area contributed by atoms with E-state index in [2.05, 4.69) is 12.2 Å². The lowest BCUT2D eigenvalue weighted by Gasteiger charge is -2.21. The number of rotatable bonds is 14. The monoisotopic (exact) mass is 389 g/mol. The molecule has 1 N–H and O–H groups in total. The second-order valence-corrected chi connectivity index (χ2v) is 8.89. The van der Waals surface area contributed by atoms with Gasteiger partial charge in [-0.1, -0.05) is 66.2 Å². The van der Waals surface area contributed by atoms with Gasteiger partial charge in [0, 0.05) is 0 Å². The summed E-state index contributed by atoms with van der Waals surface area (Å²) in [5.74, 6) is 0.411. The van der Waals surface area contributed by atoms with Gasteiger partial charge in [0.15, 0.2) is 0 Å². The van der Waals surface area contributed by atoms with Gasteiger partial charge < -0.3 is 14.8 Å². The zero-order valence-corrected chi connectivity index (χ0v) is 18.2. The van der Waals surface area contributed by atoms with Crippen molar-refractivity contribution < 1.29 is 19.1 Å². The first-order valence-corrected chi connectivity index (χ1v) is 11.3. The van der Waals surface area contributed by atoms with Crippen LogP contribution in [0.4, 0.5) is 4.79 Å². The topological polar surface area (TPSA) is 64.6 Å². The van der Waals surface area contributed by atoms with Gasteiger partial charge in [0.25, 0.3) is 0 Å². The molecule has 0 aromatic heterocycles. The molecule has 0 rings (SSSR count). The molecule has 0 saturated heterocycles. The van der Waals surface area contributed by atoms with Crippen molar-refractivity contribution >= 4 is 23.8 Å². The molecule has 0 fully saturated rings. The van der Waals surface area contributed by atoms with Crippen molar-refractivity contribution in [1.29, 1.82) is 0 Å². The SMILES string of the molecule is CCCCCCCCCOC(=O)C(CCSC)NC(=O)OCC(C)(C)C. The maximum absolute atomic E-state index is 12.3. The predicted octanol–water partition coefficient (Wildman–Crippen LogP) is 5.17. The number of thioether (sulfide) groups is 1. The van der Waals surface area contributed by atoms with Crippen LogP contribution in [0.2, 0.25) is 0 Å². The van der Waals surface area contributed by atoms with Crippen molar-refractivity contribution in [1.82, 2.24) is 5.32 Å². The molecule has 0 spiro atoms. The zero-order chi connectivity index (χ0) is 19.8. The average Bonchev–Trinajstić information content (AvgIpc) is 2.58. The van der Waals surface area contributed by atoms with Gasteiger partial charge >= 0.3 is 12.1 Å². The van der Waals surface area contributed by atoms with Crippen molar-refractivity contribution in [3.8, 4) is 0 Å². The Bertz CT molecular complexity index is 382. The van der Waals surface area contributed by atoms with E-state index in [0.717, 1.165) is 18.6 Å². The van der Waals surface area contributed by atoms with Crippen LogP contribution in [0.1, 0.15) is 79.1 Å². The minimum absolute atomic E-state index is 0.107. The van der Waals surface area contributed by atoms with Crippen LogP contribution in [0.25, 0.3) is 0 Å². The van der Waals surface area contributed by atoms with E-state index in [1.165, 1.54) is 32.1 Å². The van der Waals surface area contributed by atoms with Crippen LogP contribution < -0.4 is 5.32 Å². The Balaban J connectivity index is 4.11. The van der Waals surface area contributed by atoms with Crippen LogP contribution in [0, 0.1) is 5.41 Å². The molecular weight excluding hydrogens is 350 g/mol. The molecule has 0 saturated carbocycles. The van der Waals surface area contributed by atoms with Gasteiger partial charge in [0.2, 0.25) is 0 Å². The quantitative estimate of drug-likeness (QED) is 0.328. The number of unbranched alkanes of at least 4 members (excludes halogenated alkanes) is 6. The standard InChI is InChI=1S/C20H39NO4S/c1-6-7-8-9-10-11-12-14-24-18(22)17(13-15-26-5)21-19(23)25-16-20(2,3)4/h17H,6-16H2,1-5H3,(H,21,23). The highest BCUT2D eigenvalue weighted by Gasteiger charge is 2.23. The van der Waals surface area contributed by atoms with E-state index in [1.54, 1.807) is 11.8 Å². The zero-order valence-electron chi connectivity index (χ0n) is 17.4. The molecule has 0 aromatic rings. The van der Waals surface area contributed by atoms with Crippen LogP contribution in [-0.4, -0.2) is 43.3 Å². The Morgan fingerprint density at radius 1 is 1.00 bits per heavy atom. The molecule has 5 nitrogen and oxygen atoms in total. The van der Waals surface area contributed by atoms with E-state index in [0.29, 0.717) is 19.6 Å². The predicted molar refractivity (Wildman–Crippen MR) is 110 cm³/mol. The molecule has 0 radical (unpaired) electrons. The van der Waals surface area contributed by atoms with E-state index in [1.807, 2.05) is 27.0 Å². The molecule has 0 heterocycles. The van der Waals surface area contributed by atoms with E-state index >= 15 is 0 Å². The number of carbonyl (C=O) groups excluding carboxylic acids is 2. The van der Waals surface area contributed by atoms with Gasteiger partial charge in [-0.15, -0.1) is 0 Å². The first-order valence-electron chi connectivity index (χ1n) is 9.89. The largest absolute Gasteiger partial charge is 0.464 e. The number of hydrogen-bond acceptors (Lipinski definition) is 5. The fourth-order valence-electron chi connectivity index (χ4n) is 2.28. The lowest BCUT2D eigenvalue weighted by Crippen LogP contribution is -2.43. The number of nitrogens with one attached hydrogen (secondary N) is 1. The maximum Gasteiger partial charge on any atom is 0.407 e. The normalized spacial score (nSPS) is 12.5. The van der Waals surface area contributed by atoms with Crippen molar-refractivity contribution in [3.05, 3.63) is 0 Å². The van der Waals surface area contributed by atoms with Crippen LogP contribution >= 0.6 is 11.8 Å². The second kappa shape index (κ2) is 15.2. The number of hydrogen-bond donors (Lipinski definition) is 1. The van der Waals surface area contributed by atoms with Gasteiger partial charge in [0.05, 0.1) is 13.2 Å². The molecule has 0 aliphatic carbocycles. The smallest absolute Gasteiger partial charge is 0.407 e. The lowest BCUT2D eigenvalue weighted by molar-refractivity contribution is -0.146. The number of carbonyl (C=O) groups is 2. The summed E-state index contributed by atoms with van der Waals surface area (Å²) in [5.41, 5.74) is -0.107. The third kappa shape index (κ3) is 15.4. The molecular formula is C20H39NO4S. The number of esters is 1. The Morgan fingerprint density at radius 2 is 1.62 bits per heavy atom. The summed E-state index contributed by atoms with van der Waals surface area (Å²) in [6.45, 7) is 8.90. The Kier molecular flexibility index (Phi) is 14.6. The van der Waals surface area contributed by atoms with Crippen LogP contribution in [0.5, 0.6) is 0 Å². The molecule has 1 amide bonds. The Hall–Kier alpha value is -0.910. The third-order valence-corrected chi connectivity index (χ3v) is 4.46. The summed E-state index contributed by atoms with van der Waals surface area (Å²) < 4.78 is 10.5. The molecule has 0 bridgehead atoms. The summed E-state index contributed by atoms with van der Waals surface area (Å²) in [4.78, 5) is 24.2. The van der Waals surface area contributed by atoms with Gasteiger partial charge in [-0.2, -0.15) is 11.8 Å². The third-order valence-electron chi connectivity index (χ3n) is 3.82. The number of amides is 1. The van der Waals surface area contributed by atoms with Gasteiger partial charge in [-0.3, -0.25) is 0 Å². The van der Waals surface area contributed by atoms with Crippen molar-refractivity contribution in [3.63, 3.8) is 0 Å². The molecule has 1 atom stereocenters. The first-order chi connectivity index (χ1) is 12.3. The lowest BCUT2D eigenvalue weighted by atomic mass is 9.99. The highest BCUT2D eigenvalue weighted by Crippen LogP contribution is 2.13. The van der Waals surface area contributed by atoms with E-state index in [4.69, 9.17) is 9.47 Å². The molecule has 6 heteroatoms. The van der Waals surface area contributed by atoms with Gasteiger partial charge in [-0.05, 0) is 30.3 Å². The summed E-state index contributed by atoms with van der Waals surface area (Å²) >= 11 is 1.63. The minimum atomic E-state index is -0.639. The van der Waals surface area contributed by atoms with E-state index in [9.17, 15) is 9.59 Å². The highest BCUT2D eigenvalue weighted by molar-refractivity contribution is 7.98. The van der Waals surface area contributed by atoms with E-state index in [-0.39, 0.29) is 11.4 Å². The number of ether oxygens (including phenoxy) is 2. The van der Waals surface area contributed by atoms with Gasteiger partial charge in [0.1, 0.15) is 6.04 Å². The summed E-state index contributed by atoms with van der Waals surface area (Å²) in [5, 5.41) is 2.65. The summed E-state index contributed by atoms with van der Waals surface area (Å²) in [6.07, 6.45) is 10.2. The van der Waals surface area contributed by atoms with Crippen LogP contribution in [0.15, 0.2) is 0 Å². The second-order valence-electron chi connectivity index (χ2n) is 7.90. The van der Waals surface area contributed by atoms with E-state index < -0.39 is 12.1 Å². The van der Waals surface area contributed by atoms with Crippen molar-refractivity contribution in [2.24, 2.45) is 5.41 Å². The maximum atomic E-state index is 12.3. The molecule has 0 aromatic carbocycles. The minimum Gasteiger partial charge on any atom is -0.464 e. The highest BCUT2D eigenvalue weighted by atomic mass is 32.2. The summed E-state index contributed by atoms with van der Waals surface area (Å²) in [7, 11) is 0. The number of alkyl carbamates (subject to hydrolysis) is 1. The van der Waals surface area contributed by atoms with Gasteiger partial charge in [-0.25, -0.2) is 9.59 Å². The fraction of sp³-hybridized carbons (Fsp3) is 0.900. The molecule has 0 aliphatic heterocycles. The van der Waals surface area contributed by atoms with Crippen LogP contribution in [-0.2, 0) is 14.3 Å². The fourth-order valence-corrected chi connectivity index (χ4v) is 2.75. The molecule has 0 aliphatic rings. The van der Waals surface area contributed by atoms with Crippen molar-refractivity contribution in [2.45, 2.75) is 85.1 Å². The summed E-state index contributed by atoms with van der Waals surface area (Å²) in [6, 6.07) is -0.639. The molecule has 154 valence electrons. The Morgan fingerprint density at radius 3 is 2.19 bits per heavy atom. The molecule has 1 unspecified atom stereocenters. The molecule has 26 heavy (non-hydrogen) atoms. The first kappa shape index (κ1) is 25.1. The Labute approximate surface area is 164 Å². The average molecular weight is 390 g/mol. The van der Waals surface area contributed by atoms with Crippen LogP contribution in [0.3, 0.4) is 0 Å². The van der Waals surface area contributed by atoms with Crippen molar-refractivity contribution in [2.75, 3.05) is 25.2 Å².